The quantitative estimate of drug-likeness (QED) is 0.673. The molecule has 0 fully saturated rings. The minimum Gasteiger partial charge on any atom is -0.477 e. The third-order valence-electron chi connectivity index (χ3n) is 1.87. The number of hydrogen-bond donors (Lipinski definition) is 3. The molecular formula is C8H11NO3S. The van der Waals surface area contributed by atoms with Crippen LogP contribution >= 0.6 is 11.3 Å². The van der Waals surface area contributed by atoms with Crippen LogP contribution in [0.5, 0.6) is 0 Å². The van der Waals surface area contributed by atoms with Gasteiger partial charge in [0.15, 0.2) is 0 Å². The monoisotopic (exact) mass is 201 g/mol. The fraction of sp³-hybridized carbons (Fsp3) is 0.375. The van der Waals surface area contributed by atoms with E-state index in [0.717, 1.165) is 11.3 Å². The molecule has 0 aromatic carbocycles. The number of nitrogens with two attached hydrogens (primary N) is 1. The minimum atomic E-state index is -0.945. The summed E-state index contributed by atoms with van der Waals surface area (Å²) in [6.45, 7) is 1.53. The van der Waals surface area contributed by atoms with E-state index in [9.17, 15) is 4.79 Å². The Bertz CT molecular complexity index is 321. The summed E-state index contributed by atoms with van der Waals surface area (Å²) in [6.07, 6.45) is 0. The summed E-state index contributed by atoms with van der Waals surface area (Å²) in [7, 11) is 0. The highest BCUT2D eigenvalue weighted by Gasteiger charge is 2.16. The molecule has 72 valence electrons. The van der Waals surface area contributed by atoms with Gasteiger partial charge in [-0.3, -0.25) is 0 Å². The molecular weight excluding hydrogens is 190 g/mol. The van der Waals surface area contributed by atoms with Gasteiger partial charge in [-0.15, -0.1) is 11.3 Å². The standard InChI is InChI=1S/C8H11NO3S/c1-4-5(6(9)2-10)3-13-7(4)8(11)12/h3,6,10H,2,9H2,1H3,(H,11,12)/t6-/m0/s1. The Morgan fingerprint density at radius 2 is 2.38 bits per heavy atom. The molecule has 5 heteroatoms. The van der Waals surface area contributed by atoms with Crippen molar-refractivity contribution in [1.82, 2.24) is 0 Å². The van der Waals surface area contributed by atoms with Crippen LogP contribution in [0.1, 0.15) is 26.8 Å². The highest BCUT2D eigenvalue weighted by Crippen LogP contribution is 2.25. The van der Waals surface area contributed by atoms with Gasteiger partial charge in [0.1, 0.15) is 4.88 Å². The number of aromatic carboxylic acids is 1. The first kappa shape index (κ1) is 10.2. The number of aliphatic hydroxyl groups excluding tert-OH is 1. The second kappa shape index (κ2) is 3.87. The van der Waals surface area contributed by atoms with E-state index in [-0.39, 0.29) is 6.61 Å². The summed E-state index contributed by atoms with van der Waals surface area (Å²) >= 11 is 1.14. The third kappa shape index (κ3) is 1.88. The summed E-state index contributed by atoms with van der Waals surface area (Å²) in [5, 5.41) is 19.2. The summed E-state index contributed by atoms with van der Waals surface area (Å²) in [4.78, 5) is 10.9. The first-order valence-electron chi connectivity index (χ1n) is 3.75. The van der Waals surface area contributed by atoms with Gasteiger partial charge in [-0.25, -0.2) is 4.79 Å². The van der Waals surface area contributed by atoms with Gasteiger partial charge < -0.3 is 15.9 Å². The predicted octanol–water partition coefficient (Wildman–Crippen LogP) is 0.747. The van der Waals surface area contributed by atoms with Crippen LogP contribution in [0.25, 0.3) is 0 Å². The second-order valence-electron chi connectivity index (χ2n) is 2.74. The van der Waals surface area contributed by atoms with Crippen LogP contribution in [0, 0.1) is 6.92 Å². The molecule has 0 amide bonds. The third-order valence-corrected chi connectivity index (χ3v) is 2.96. The van der Waals surface area contributed by atoms with Crippen molar-refractivity contribution in [3.8, 4) is 0 Å². The molecule has 13 heavy (non-hydrogen) atoms. The highest BCUT2D eigenvalue weighted by molar-refractivity contribution is 7.12. The Labute approximate surface area is 79.6 Å². The first-order chi connectivity index (χ1) is 6.07. The lowest BCUT2D eigenvalue weighted by Crippen LogP contribution is -2.15. The fourth-order valence-corrected chi connectivity index (χ4v) is 2.10. The maximum atomic E-state index is 10.7. The van der Waals surface area contributed by atoms with Crippen molar-refractivity contribution >= 4 is 17.3 Å². The summed E-state index contributed by atoms with van der Waals surface area (Å²) < 4.78 is 0. The van der Waals surface area contributed by atoms with Crippen LogP contribution < -0.4 is 5.73 Å². The maximum absolute atomic E-state index is 10.7. The lowest BCUT2D eigenvalue weighted by molar-refractivity contribution is 0.0701. The van der Waals surface area contributed by atoms with E-state index >= 15 is 0 Å². The molecule has 1 atom stereocenters. The lowest BCUT2D eigenvalue weighted by Gasteiger charge is -2.06. The van der Waals surface area contributed by atoms with E-state index in [1.165, 1.54) is 0 Å². The van der Waals surface area contributed by atoms with Crippen LogP contribution in [-0.2, 0) is 0 Å². The van der Waals surface area contributed by atoms with Crippen molar-refractivity contribution in [2.45, 2.75) is 13.0 Å². The molecule has 0 saturated carbocycles. The number of carboxylic acid groups (broad SMARTS) is 1. The van der Waals surface area contributed by atoms with E-state index < -0.39 is 12.0 Å². The largest absolute Gasteiger partial charge is 0.477 e. The maximum Gasteiger partial charge on any atom is 0.346 e. The van der Waals surface area contributed by atoms with Gasteiger partial charge in [0.25, 0.3) is 0 Å². The van der Waals surface area contributed by atoms with E-state index in [2.05, 4.69) is 0 Å². The molecule has 0 spiro atoms. The van der Waals surface area contributed by atoms with Gasteiger partial charge in [-0.2, -0.15) is 0 Å². The topological polar surface area (TPSA) is 83.5 Å². The second-order valence-corrected chi connectivity index (χ2v) is 3.62. The number of hydrogen-bond acceptors (Lipinski definition) is 4. The molecule has 0 aliphatic carbocycles. The number of aliphatic hydroxyl groups is 1. The van der Waals surface area contributed by atoms with E-state index in [4.69, 9.17) is 15.9 Å². The number of thiophene rings is 1. The molecule has 1 heterocycles. The van der Waals surface area contributed by atoms with Crippen molar-refractivity contribution in [1.29, 1.82) is 0 Å². The smallest absolute Gasteiger partial charge is 0.346 e. The molecule has 0 aliphatic rings. The van der Waals surface area contributed by atoms with Gasteiger partial charge in [0, 0.05) is 0 Å². The molecule has 1 aromatic rings. The van der Waals surface area contributed by atoms with Gasteiger partial charge in [-0.1, -0.05) is 0 Å². The zero-order valence-corrected chi connectivity index (χ0v) is 7.97. The van der Waals surface area contributed by atoms with Crippen LogP contribution in [0.3, 0.4) is 0 Å². The first-order valence-corrected chi connectivity index (χ1v) is 4.63. The predicted molar refractivity (Wildman–Crippen MR) is 50.0 cm³/mol. The van der Waals surface area contributed by atoms with Crippen LogP contribution in [0.15, 0.2) is 5.38 Å². The SMILES string of the molecule is Cc1c([C@@H](N)CO)csc1C(=O)O. The average Bonchev–Trinajstić information content (AvgIpc) is 2.46. The zero-order chi connectivity index (χ0) is 10.0. The molecule has 4 nitrogen and oxygen atoms in total. The van der Waals surface area contributed by atoms with Crippen molar-refractivity contribution in [2.24, 2.45) is 5.73 Å². The number of carbonyl (C=O) groups is 1. The molecule has 0 saturated heterocycles. The lowest BCUT2D eigenvalue weighted by atomic mass is 10.1. The Balaban J connectivity index is 3.06. The molecule has 1 aromatic heterocycles. The van der Waals surface area contributed by atoms with Crippen LogP contribution in [-0.4, -0.2) is 22.8 Å². The van der Waals surface area contributed by atoms with Gasteiger partial charge in [0.05, 0.1) is 12.6 Å². The van der Waals surface area contributed by atoms with Crippen molar-refractivity contribution in [3.63, 3.8) is 0 Å². The Kier molecular flexibility index (Phi) is 3.02. The van der Waals surface area contributed by atoms with Crippen LogP contribution in [0.4, 0.5) is 0 Å². The van der Waals surface area contributed by atoms with E-state index in [1.807, 2.05) is 0 Å². The molecule has 4 N–H and O–H groups in total. The summed E-state index contributed by atoms with van der Waals surface area (Å²) in [5.74, 6) is -0.945. The molecule has 0 radical (unpaired) electrons. The fourth-order valence-electron chi connectivity index (χ4n) is 1.10. The van der Waals surface area contributed by atoms with Gasteiger partial charge in [-0.05, 0) is 23.4 Å². The van der Waals surface area contributed by atoms with E-state index in [1.54, 1.807) is 12.3 Å². The Morgan fingerprint density at radius 1 is 1.77 bits per heavy atom. The van der Waals surface area contributed by atoms with E-state index in [0.29, 0.717) is 16.0 Å². The number of carboxylic acids is 1. The average molecular weight is 201 g/mol. The zero-order valence-electron chi connectivity index (χ0n) is 7.15. The van der Waals surface area contributed by atoms with Crippen molar-refractivity contribution in [2.75, 3.05) is 6.61 Å². The molecule has 0 aliphatic heterocycles. The molecule has 1 rings (SSSR count). The molecule has 0 unspecified atom stereocenters. The van der Waals surface area contributed by atoms with Gasteiger partial charge in [0.2, 0.25) is 0 Å². The van der Waals surface area contributed by atoms with Crippen molar-refractivity contribution in [3.05, 3.63) is 21.4 Å². The number of rotatable bonds is 3. The Hall–Kier alpha value is -0.910. The highest BCUT2D eigenvalue weighted by atomic mass is 32.1. The van der Waals surface area contributed by atoms with Gasteiger partial charge >= 0.3 is 5.97 Å². The van der Waals surface area contributed by atoms with Crippen LogP contribution in [0.2, 0.25) is 0 Å². The summed E-state index contributed by atoms with van der Waals surface area (Å²) in [5.41, 5.74) is 6.94. The molecule has 0 bridgehead atoms. The van der Waals surface area contributed by atoms with Crippen molar-refractivity contribution < 1.29 is 15.0 Å². The Morgan fingerprint density at radius 3 is 2.77 bits per heavy atom. The normalized spacial score (nSPS) is 12.8. The summed E-state index contributed by atoms with van der Waals surface area (Å²) in [6, 6.07) is -0.482. The minimum absolute atomic E-state index is 0.170.